The maximum Gasteiger partial charge on any atom is 0.115 e. The number of benzene rings is 2. The highest BCUT2D eigenvalue weighted by molar-refractivity contribution is 5.95. The quantitative estimate of drug-likeness (QED) is 0.602. The molecule has 2 heterocycles. The number of phenols is 1. The lowest BCUT2D eigenvalue weighted by Gasteiger charge is -2.12. The number of aromatic nitrogens is 2. The van der Waals surface area contributed by atoms with Crippen LogP contribution in [0.4, 0.5) is 0 Å². The fraction of sp³-hybridized carbons (Fsp3) is 0.0500. The van der Waals surface area contributed by atoms with Crippen molar-refractivity contribution in [3.63, 3.8) is 0 Å². The molecule has 2 aromatic heterocycles. The van der Waals surface area contributed by atoms with Crippen molar-refractivity contribution in [2.24, 2.45) is 7.05 Å². The molecular weight excluding hydrogens is 298 g/mol. The summed E-state index contributed by atoms with van der Waals surface area (Å²) < 4.78 is 4.08. The fourth-order valence-electron chi connectivity index (χ4n) is 3.17. The Morgan fingerprint density at radius 2 is 1.71 bits per heavy atom. The van der Waals surface area contributed by atoms with Crippen LogP contribution in [0.25, 0.3) is 28.0 Å². The summed E-state index contributed by atoms with van der Waals surface area (Å²) in [7, 11) is 1.97. The van der Waals surface area contributed by atoms with Crippen LogP contribution in [0.5, 0.6) is 5.75 Å². The Morgan fingerprint density at radius 1 is 0.958 bits per heavy atom. The summed E-state index contributed by atoms with van der Waals surface area (Å²) in [6.45, 7) is 0. The van der Waals surface area contributed by atoms with Crippen molar-refractivity contribution in [1.29, 1.82) is 5.26 Å². The van der Waals surface area contributed by atoms with Gasteiger partial charge in [0.15, 0.2) is 0 Å². The summed E-state index contributed by atoms with van der Waals surface area (Å²) in [6, 6.07) is 21.3. The minimum Gasteiger partial charge on any atom is -0.508 e. The van der Waals surface area contributed by atoms with Gasteiger partial charge in [0.1, 0.15) is 11.8 Å². The molecule has 0 atom stereocenters. The first-order valence-corrected chi connectivity index (χ1v) is 7.65. The third-order valence-corrected chi connectivity index (χ3v) is 4.28. The van der Waals surface area contributed by atoms with Crippen molar-refractivity contribution >= 4 is 10.9 Å². The monoisotopic (exact) mass is 313 g/mol. The smallest absolute Gasteiger partial charge is 0.115 e. The molecule has 1 N–H and O–H groups in total. The van der Waals surface area contributed by atoms with E-state index >= 15 is 0 Å². The van der Waals surface area contributed by atoms with Gasteiger partial charge < -0.3 is 14.2 Å². The fourth-order valence-corrected chi connectivity index (χ4v) is 3.17. The van der Waals surface area contributed by atoms with Gasteiger partial charge in [-0.25, -0.2) is 0 Å². The first kappa shape index (κ1) is 14.2. The molecule has 4 rings (SSSR count). The lowest BCUT2D eigenvalue weighted by molar-refractivity contribution is 0.475. The van der Waals surface area contributed by atoms with Crippen molar-refractivity contribution in [2.75, 3.05) is 0 Å². The van der Waals surface area contributed by atoms with Gasteiger partial charge in [-0.1, -0.05) is 18.2 Å². The average molecular weight is 313 g/mol. The lowest BCUT2D eigenvalue weighted by Crippen LogP contribution is -2.00. The standard InChI is InChI=1S/C20H15N3O/c1-22-12-4-7-19(22)20-17(13-21)16-5-2-3-6-18(16)23(20)14-8-10-15(24)11-9-14/h2-12,24H,1H3. The zero-order valence-corrected chi connectivity index (χ0v) is 13.1. The van der Waals surface area contributed by atoms with Gasteiger partial charge in [-0.05, 0) is 42.5 Å². The summed E-state index contributed by atoms with van der Waals surface area (Å²) in [6.07, 6.45) is 1.97. The van der Waals surface area contributed by atoms with Crippen LogP contribution in [0.2, 0.25) is 0 Å². The number of rotatable bonds is 2. The minimum absolute atomic E-state index is 0.219. The Balaban J connectivity index is 2.17. The molecule has 0 aliphatic heterocycles. The molecule has 0 radical (unpaired) electrons. The number of nitriles is 1. The molecule has 2 aromatic carbocycles. The number of para-hydroxylation sites is 1. The summed E-state index contributed by atoms with van der Waals surface area (Å²) in [5, 5.41) is 20.3. The zero-order valence-electron chi connectivity index (χ0n) is 13.1. The van der Waals surface area contributed by atoms with Crippen molar-refractivity contribution in [2.45, 2.75) is 0 Å². The Kier molecular flexibility index (Phi) is 3.14. The predicted octanol–water partition coefficient (Wildman–Crippen LogP) is 4.21. The second-order valence-corrected chi connectivity index (χ2v) is 5.71. The molecule has 0 amide bonds. The number of phenolic OH excluding ortho intramolecular Hbond substituents is 1. The number of fused-ring (bicyclic) bond motifs is 1. The maximum absolute atomic E-state index is 9.80. The van der Waals surface area contributed by atoms with Crippen molar-refractivity contribution < 1.29 is 5.11 Å². The van der Waals surface area contributed by atoms with Crippen LogP contribution in [-0.2, 0) is 7.05 Å². The molecule has 4 heteroatoms. The van der Waals surface area contributed by atoms with E-state index in [4.69, 9.17) is 0 Å². The Labute approximate surface area is 139 Å². The van der Waals surface area contributed by atoms with Crippen LogP contribution >= 0.6 is 0 Å². The van der Waals surface area contributed by atoms with E-state index in [0.29, 0.717) is 5.56 Å². The van der Waals surface area contributed by atoms with E-state index in [0.717, 1.165) is 28.0 Å². The van der Waals surface area contributed by atoms with E-state index in [2.05, 4.69) is 10.6 Å². The van der Waals surface area contributed by atoms with E-state index < -0.39 is 0 Å². The second kappa shape index (κ2) is 5.32. The second-order valence-electron chi connectivity index (χ2n) is 5.71. The van der Waals surface area contributed by atoms with Crippen LogP contribution in [-0.4, -0.2) is 14.2 Å². The number of aromatic hydroxyl groups is 1. The summed E-state index contributed by atoms with van der Waals surface area (Å²) in [5.41, 5.74) is 4.35. The Hall–Kier alpha value is -3.45. The van der Waals surface area contributed by atoms with E-state index in [1.807, 2.05) is 66.3 Å². The van der Waals surface area contributed by atoms with Crippen LogP contribution < -0.4 is 0 Å². The van der Waals surface area contributed by atoms with Crippen molar-refractivity contribution in [3.05, 3.63) is 72.4 Å². The molecule has 0 saturated heterocycles. The molecule has 0 aliphatic rings. The number of hydrogen-bond donors (Lipinski definition) is 1. The molecule has 24 heavy (non-hydrogen) atoms. The van der Waals surface area contributed by atoms with E-state index in [1.165, 1.54) is 0 Å². The number of nitrogens with zero attached hydrogens (tertiary/aromatic N) is 3. The number of aryl methyl sites for hydroxylation is 1. The van der Waals surface area contributed by atoms with E-state index in [-0.39, 0.29) is 5.75 Å². The maximum atomic E-state index is 9.80. The first-order chi connectivity index (χ1) is 11.7. The Bertz CT molecular complexity index is 1080. The van der Waals surface area contributed by atoms with Gasteiger partial charge in [0.2, 0.25) is 0 Å². The molecule has 0 unspecified atom stereocenters. The predicted molar refractivity (Wildman–Crippen MR) is 94.1 cm³/mol. The van der Waals surface area contributed by atoms with Gasteiger partial charge in [-0.2, -0.15) is 5.26 Å². The molecule has 0 fully saturated rings. The Morgan fingerprint density at radius 3 is 2.38 bits per heavy atom. The van der Waals surface area contributed by atoms with E-state index in [9.17, 15) is 10.4 Å². The third-order valence-electron chi connectivity index (χ3n) is 4.28. The molecule has 116 valence electrons. The van der Waals surface area contributed by atoms with Gasteiger partial charge in [0.25, 0.3) is 0 Å². The molecule has 0 spiro atoms. The van der Waals surface area contributed by atoms with Gasteiger partial charge in [-0.3, -0.25) is 0 Å². The molecular formula is C20H15N3O. The van der Waals surface area contributed by atoms with Crippen LogP contribution in [0.15, 0.2) is 66.9 Å². The molecule has 0 bridgehead atoms. The third kappa shape index (κ3) is 1.99. The normalized spacial score (nSPS) is 10.8. The van der Waals surface area contributed by atoms with Gasteiger partial charge >= 0.3 is 0 Å². The van der Waals surface area contributed by atoms with Crippen LogP contribution in [0.1, 0.15) is 5.56 Å². The zero-order chi connectivity index (χ0) is 16.7. The molecule has 0 aliphatic carbocycles. The van der Waals surface area contributed by atoms with Gasteiger partial charge in [-0.15, -0.1) is 0 Å². The summed E-state index contributed by atoms with van der Waals surface area (Å²) in [4.78, 5) is 0. The summed E-state index contributed by atoms with van der Waals surface area (Å²) in [5.74, 6) is 0.219. The van der Waals surface area contributed by atoms with Crippen molar-refractivity contribution in [3.8, 4) is 28.9 Å². The van der Waals surface area contributed by atoms with Gasteiger partial charge in [0.05, 0.1) is 22.5 Å². The highest BCUT2D eigenvalue weighted by atomic mass is 16.3. The lowest BCUT2D eigenvalue weighted by atomic mass is 10.1. The SMILES string of the molecule is Cn1cccc1-c1c(C#N)c2ccccc2n1-c1ccc(O)cc1. The van der Waals surface area contributed by atoms with Gasteiger partial charge in [0, 0.05) is 24.3 Å². The van der Waals surface area contributed by atoms with E-state index in [1.54, 1.807) is 12.1 Å². The van der Waals surface area contributed by atoms with Crippen molar-refractivity contribution in [1.82, 2.24) is 9.13 Å². The number of hydrogen-bond acceptors (Lipinski definition) is 2. The highest BCUT2D eigenvalue weighted by Gasteiger charge is 2.20. The summed E-state index contributed by atoms with van der Waals surface area (Å²) >= 11 is 0. The minimum atomic E-state index is 0.219. The average Bonchev–Trinajstić information content (AvgIpc) is 3.16. The molecule has 0 saturated carbocycles. The molecule has 4 aromatic rings. The van der Waals surface area contributed by atoms with Crippen LogP contribution in [0.3, 0.4) is 0 Å². The van der Waals surface area contributed by atoms with Crippen LogP contribution in [0, 0.1) is 11.3 Å². The molecule has 4 nitrogen and oxygen atoms in total. The largest absolute Gasteiger partial charge is 0.508 e. The highest BCUT2D eigenvalue weighted by Crippen LogP contribution is 2.36. The first-order valence-electron chi connectivity index (χ1n) is 7.65. The topological polar surface area (TPSA) is 53.9 Å².